The van der Waals surface area contributed by atoms with Gasteiger partial charge >= 0.3 is 12.1 Å². The van der Waals surface area contributed by atoms with Gasteiger partial charge in [-0.15, -0.1) is 11.8 Å². The average Bonchev–Trinajstić information content (AvgIpc) is 4.19. The number of benzene rings is 2. The molecule has 2 aliphatic heterocycles. The third-order valence-corrected chi connectivity index (χ3v) is 15.5. The fourth-order valence-electron chi connectivity index (χ4n) is 8.67. The lowest BCUT2D eigenvalue weighted by Crippen LogP contribution is -2.47. The fourth-order valence-corrected chi connectivity index (χ4v) is 10.3. The molecule has 79 heavy (non-hydrogen) atoms. The molecule has 0 bridgehead atoms. The van der Waals surface area contributed by atoms with Crippen molar-refractivity contribution in [2.24, 2.45) is 11.3 Å². The number of carbonyl (C=O) groups is 7. The van der Waals surface area contributed by atoms with Crippen LogP contribution < -0.4 is 10.6 Å². The smallest absolute Gasteiger partial charge is 0.409 e. The Bertz CT molecular complexity index is 2550. The van der Waals surface area contributed by atoms with Crippen molar-refractivity contribution in [2.75, 3.05) is 104 Å². The van der Waals surface area contributed by atoms with E-state index in [4.69, 9.17) is 23.7 Å². The highest BCUT2D eigenvalue weighted by atomic mass is 32.2. The molecule has 1 saturated heterocycles. The first kappa shape index (κ1) is 63.8. The van der Waals surface area contributed by atoms with E-state index in [9.17, 15) is 43.1 Å². The van der Waals surface area contributed by atoms with Gasteiger partial charge in [-0.3, -0.25) is 28.9 Å². The minimum atomic E-state index is -1.54. The summed E-state index contributed by atoms with van der Waals surface area (Å²) in [5, 5.41) is 15.2. The number of ether oxygens (including phenoxy) is 5. The summed E-state index contributed by atoms with van der Waals surface area (Å²) in [6.45, 7) is 13.6. The van der Waals surface area contributed by atoms with E-state index in [1.165, 1.54) is 4.90 Å². The van der Waals surface area contributed by atoms with Crippen molar-refractivity contribution in [3.05, 3.63) is 95.8 Å². The Morgan fingerprint density at radius 3 is 2.09 bits per heavy atom. The van der Waals surface area contributed by atoms with E-state index in [-0.39, 0.29) is 122 Å². The number of halogens is 3. The van der Waals surface area contributed by atoms with Crippen LogP contribution in [-0.2, 0) is 59.0 Å². The highest BCUT2D eigenvalue weighted by molar-refractivity contribution is 8.00. The number of carbonyl (C=O) groups excluding carboxylic acids is 6. The van der Waals surface area contributed by atoms with Gasteiger partial charge in [-0.05, 0) is 41.3 Å². The molecule has 0 radical (unpaired) electrons. The molecule has 0 saturated carbocycles. The van der Waals surface area contributed by atoms with Crippen LogP contribution in [0.25, 0.3) is 11.1 Å². The number of carboxylic acids is 1. The molecule has 2 aliphatic rings. The number of rotatable bonds is 33. The molecule has 24 heteroatoms. The predicted molar refractivity (Wildman–Crippen MR) is 292 cm³/mol. The topological polar surface area (TPSA) is 225 Å². The van der Waals surface area contributed by atoms with Crippen molar-refractivity contribution >= 4 is 61.4 Å². The van der Waals surface area contributed by atoms with Gasteiger partial charge in [-0.2, -0.15) is 0 Å². The second kappa shape index (κ2) is 31.1. The first-order valence-electron chi connectivity index (χ1n) is 26.3. The maximum absolute atomic E-state index is 16.2. The molecule has 2 unspecified atom stereocenters. The Balaban J connectivity index is 1.14. The molecule has 3 N–H and O–H groups in total. The molecule has 4 atom stereocenters. The standard InChI is InChI=1S/C55H75F3N6O13SSi/c1-55(2,3)52(46-28-39(42-29-41(56)12-13-43(42)57)31-61(46)30-38-10-8-7-9-11-38)64(33-40-32-62(34-44(40)58)54(72)77-26-27-79(4,5)6)51(69)37-78-36-45(53(70)71)60-47(65)16-18-73-20-22-75-24-25-76-23-21-74-19-17-59-48(66)35-63-49(67)14-15-50(63)68/h7-15,28-29,31,40,44-45,52H,16-27,30,32-37H2,1-6H3,(H,59,66)(H,60,65)(H,70,71)/t40-,44-,45?,52?/m0/s1. The molecule has 6 amide bonds. The number of aliphatic carboxylic acids is 1. The molecule has 1 aromatic heterocycles. The van der Waals surface area contributed by atoms with Crippen LogP contribution in [-0.4, -0.2) is 190 Å². The molecule has 3 aromatic rings. The maximum Gasteiger partial charge on any atom is 0.409 e. The zero-order chi connectivity index (χ0) is 57.7. The number of carboxylic acid groups (broad SMARTS) is 1. The number of thioether (sulfide) groups is 1. The summed E-state index contributed by atoms with van der Waals surface area (Å²) in [5.41, 5.74) is 1.01. The minimum Gasteiger partial charge on any atom is -0.480 e. The van der Waals surface area contributed by atoms with E-state index >= 15 is 8.78 Å². The summed E-state index contributed by atoms with van der Waals surface area (Å²) >= 11 is 0.974. The molecule has 434 valence electrons. The lowest BCUT2D eigenvalue weighted by Gasteiger charge is -2.42. The van der Waals surface area contributed by atoms with E-state index in [0.717, 1.165) is 58.6 Å². The quantitative estimate of drug-likeness (QED) is 0.0365. The lowest BCUT2D eigenvalue weighted by atomic mass is 9.82. The maximum atomic E-state index is 16.2. The van der Waals surface area contributed by atoms with Gasteiger partial charge in [0.05, 0.1) is 77.8 Å². The summed E-state index contributed by atoms with van der Waals surface area (Å²) in [4.78, 5) is 92.1. The number of imide groups is 1. The molecule has 19 nitrogen and oxygen atoms in total. The van der Waals surface area contributed by atoms with Crippen LogP contribution in [0.5, 0.6) is 0 Å². The Kier molecular flexibility index (Phi) is 25.1. The zero-order valence-corrected chi connectivity index (χ0v) is 47.7. The summed E-state index contributed by atoms with van der Waals surface area (Å²) in [6, 6.07) is 12.8. The number of nitrogens with one attached hydrogen (secondary N) is 2. The number of aromatic nitrogens is 1. The predicted octanol–water partition coefficient (Wildman–Crippen LogP) is 5.94. The first-order valence-corrected chi connectivity index (χ1v) is 31.1. The van der Waals surface area contributed by atoms with Gasteiger partial charge in [-0.1, -0.05) is 70.7 Å². The number of alkyl halides is 1. The van der Waals surface area contributed by atoms with E-state index in [1.807, 2.05) is 55.7 Å². The van der Waals surface area contributed by atoms with Crippen LogP contribution in [0.15, 0.2) is 72.9 Å². The van der Waals surface area contributed by atoms with Gasteiger partial charge in [-0.25, -0.2) is 22.8 Å². The van der Waals surface area contributed by atoms with E-state index in [0.29, 0.717) is 11.3 Å². The summed E-state index contributed by atoms with van der Waals surface area (Å²) in [6.07, 6.45) is 1.58. The largest absolute Gasteiger partial charge is 0.480 e. The molecule has 0 spiro atoms. The number of hydrogen-bond acceptors (Lipinski definition) is 13. The SMILES string of the molecule is CC(C)(C)C(c1cc(-c2cc(F)ccc2F)cn1Cc1ccccc1)N(C[C@@H]1CN(C(=O)OCC[Si](C)(C)C)C[C@@H]1F)C(=O)CSCC(NC(=O)CCOCCOCCOCCOCCNC(=O)CN1C(=O)C=CC1=O)C(=O)O. The van der Waals surface area contributed by atoms with Crippen LogP contribution in [0.1, 0.15) is 44.5 Å². The van der Waals surface area contributed by atoms with E-state index < -0.39 is 90.9 Å². The Morgan fingerprint density at radius 2 is 1.47 bits per heavy atom. The van der Waals surface area contributed by atoms with Crippen LogP contribution in [0.4, 0.5) is 18.0 Å². The highest BCUT2D eigenvalue weighted by Gasteiger charge is 2.43. The zero-order valence-electron chi connectivity index (χ0n) is 45.8. The van der Waals surface area contributed by atoms with Gasteiger partial charge in [0.15, 0.2) is 0 Å². The normalized spacial score (nSPS) is 16.3. The number of amides is 6. The molecule has 3 heterocycles. The Morgan fingerprint density at radius 1 is 0.835 bits per heavy atom. The van der Waals surface area contributed by atoms with Gasteiger partial charge in [0.1, 0.15) is 30.4 Å². The summed E-state index contributed by atoms with van der Waals surface area (Å²) in [5.74, 6) is -6.58. The van der Waals surface area contributed by atoms with Crippen molar-refractivity contribution < 1.29 is 75.5 Å². The Hall–Kier alpha value is -6.05. The van der Waals surface area contributed by atoms with E-state index in [2.05, 4.69) is 30.3 Å². The highest BCUT2D eigenvalue weighted by Crippen LogP contribution is 2.42. The Labute approximate surface area is 464 Å². The van der Waals surface area contributed by atoms with Crippen molar-refractivity contribution in [1.82, 2.24) is 29.9 Å². The molecule has 5 rings (SSSR count). The van der Waals surface area contributed by atoms with Gasteiger partial charge < -0.3 is 53.8 Å². The second-order valence-electron chi connectivity index (χ2n) is 21.4. The fraction of sp³-hybridized carbons (Fsp3) is 0.545. The van der Waals surface area contributed by atoms with Gasteiger partial charge in [0.2, 0.25) is 17.7 Å². The number of likely N-dealkylation sites (tertiary alicyclic amines) is 1. The lowest BCUT2D eigenvalue weighted by molar-refractivity contribution is -0.141. The first-order chi connectivity index (χ1) is 37.5. The van der Waals surface area contributed by atoms with Crippen LogP contribution in [0.3, 0.4) is 0 Å². The molecule has 2 aromatic carbocycles. The van der Waals surface area contributed by atoms with Crippen molar-refractivity contribution in [3.8, 4) is 11.1 Å². The summed E-state index contributed by atoms with van der Waals surface area (Å²) < 4.78 is 75.6. The van der Waals surface area contributed by atoms with Crippen molar-refractivity contribution in [3.63, 3.8) is 0 Å². The third kappa shape index (κ3) is 21.2. The second-order valence-corrected chi connectivity index (χ2v) is 28.1. The average molecular weight is 1150 g/mol. The van der Waals surface area contributed by atoms with Crippen molar-refractivity contribution in [1.29, 1.82) is 0 Å². The van der Waals surface area contributed by atoms with Crippen molar-refractivity contribution in [2.45, 2.75) is 77.7 Å². The van der Waals surface area contributed by atoms with Gasteiger partial charge in [0, 0.05) is 87.5 Å². The number of nitrogens with zero attached hydrogens (tertiary/aromatic N) is 4. The molecular weight excluding hydrogens is 1070 g/mol. The summed E-state index contributed by atoms with van der Waals surface area (Å²) in [7, 11) is -1.54. The molecular formula is C55H75F3N6O13SSi. The molecule has 1 fully saturated rings. The van der Waals surface area contributed by atoms with E-state index in [1.54, 1.807) is 17.2 Å². The molecule has 0 aliphatic carbocycles. The van der Waals surface area contributed by atoms with Crippen LogP contribution in [0, 0.1) is 23.0 Å². The van der Waals surface area contributed by atoms with Crippen LogP contribution >= 0.6 is 11.8 Å². The third-order valence-electron chi connectivity index (χ3n) is 12.7. The monoisotopic (exact) mass is 1140 g/mol. The minimum absolute atomic E-state index is 0.00653. The number of hydrogen-bond donors (Lipinski definition) is 3. The van der Waals surface area contributed by atoms with Gasteiger partial charge in [0.25, 0.3) is 11.8 Å². The van der Waals surface area contributed by atoms with Crippen LogP contribution in [0.2, 0.25) is 25.7 Å².